The Labute approximate surface area is 150 Å². The summed E-state index contributed by atoms with van der Waals surface area (Å²) in [6.07, 6.45) is 7.24. The summed E-state index contributed by atoms with van der Waals surface area (Å²) in [7, 11) is 0. The highest BCUT2D eigenvalue weighted by Crippen LogP contribution is 2.35. The lowest BCUT2D eigenvalue weighted by Crippen LogP contribution is -2.38. The largest absolute Gasteiger partial charge is 0.327 e. The fourth-order valence-electron chi connectivity index (χ4n) is 4.79. The van der Waals surface area contributed by atoms with Crippen molar-refractivity contribution in [3.63, 3.8) is 0 Å². The van der Waals surface area contributed by atoms with Gasteiger partial charge in [0.05, 0.1) is 6.54 Å². The van der Waals surface area contributed by atoms with E-state index in [0.29, 0.717) is 24.4 Å². The van der Waals surface area contributed by atoms with Crippen molar-refractivity contribution in [3.8, 4) is 0 Å². The number of halogens is 1. The Morgan fingerprint density at radius 1 is 1.17 bits per heavy atom. The second-order valence-electron chi connectivity index (χ2n) is 7.60. The number of nitrogens with zero attached hydrogens (tertiary/aromatic N) is 1. The van der Waals surface area contributed by atoms with Gasteiger partial charge in [-0.05, 0) is 67.2 Å². The molecule has 4 nitrogen and oxygen atoms in total. The maximum absolute atomic E-state index is 12.4. The van der Waals surface area contributed by atoms with Gasteiger partial charge < -0.3 is 11.1 Å². The van der Waals surface area contributed by atoms with E-state index in [4.69, 9.17) is 5.73 Å². The van der Waals surface area contributed by atoms with Crippen LogP contribution >= 0.6 is 12.4 Å². The predicted octanol–water partition coefficient (Wildman–Crippen LogP) is 2.59. The van der Waals surface area contributed by atoms with Crippen molar-refractivity contribution in [1.82, 2.24) is 4.90 Å². The maximum Gasteiger partial charge on any atom is 0.238 e. The minimum absolute atomic E-state index is 0. The molecule has 0 radical (unpaired) electrons. The Hall–Kier alpha value is -1.10. The molecule has 0 bridgehead atoms. The smallest absolute Gasteiger partial charge is 0.238 e. The van der Waals surface area contributed by atoms with E-state index < -0.39 is 0 Å². The molecule has 5 heteroatoms. The maximum atomic E-state index is 12.4. The number of amides is 1. The van der Waals surface area contributed by atoms with Gasteiger partial charge in [0, 0.05) is 24.8 Å². The molecule has 3 unspecified atom stereocenters. The van der Waals surface area contributed by atoms with Crippen molar-refractivity contribution in [1.29, 1.82) is 0 Å². The average molecular weight is 350 g/mol. The molecular weight excluding hydrogens is 322 g/mol. The van der Waals surface area contributed by atoms with Gasteiger partial charge >= 0.3 is 0 Å². The minimum atomic E-state index is 0. The zero-order valence-corrected chi connectivity index (χ0v) is 15.0. The molecule has 132 valence electrons. The van der Waals surface area contributed by atoms with Gasteiger partial charge in [-0.25, -0.2) is 0 Å². The summed E-state index contributed by atoms with van der Waals surface area (Å²) in [5.41, 5.74) is 10.1. The van der Waals surface area contributed by atoms with Gasteiger partial charge in [-0.2, -0.15) is 0 Å². The van der Waals surface area contributed by atoms with Crippen LogP contribution in [0, 0.1) is 11.8 Å². The van der Waals surface area contributed by atoms with Crippen LogP contribution in [-0.2, 0) is 17.6 Å². The highest BCUT2D eigenvalue weighted by Gasteiger charge is 2.38. The summed E-state index contributed by atoms with van der Waals surface area (Å²) in [5, 5.41) is 3.08. The van der Waals surface area contributed by atoms with Gasteiger partial charge in [0.1, 0.15) is 0 Å². The van der Waals surface area contributed by atoms with Crippen molar-refractivity contribution in [2.24, 2.45) is 17.6 Å². The average Bonchev–Trinajstić information content (AvgIpc) is 3.13. The van der Waals surface area contributed by atoms with Crippen molar-refractivity contribution < 1.29 is 4.79 Å². The lowest BCUT2D eigenvalue weighted by molar-refractivity contribution is -0.117. The predicted molar refractivity (Wildman–Crippen MR) is 99.6 cm³/mol. The topological polar surface area (TPSA) is 58.4 Å². The summed E-state index contributed by atoms with van der Waals surface area (Å²) in [6.45, 7) is 2.52. The van der Waals surface area contributed by atoms with Crippen LogP contribution in [-0.4, -0.2) is 36.5 Å². The molecule has 1 saturated carbocycles. The number of hydrogen-bond donors (Lipinski definition) is 2. The zero-order chi connectivity index (χ0) is 15.8. The molecule has 1 saturated heterocycles. The van der Waals surface area contributed by atoms with E-state index in [9.17, 15) is 4.79 Å². The first kappa shape index (κ1) is 17.7. The number of aryl methyl sites for hydroxylation is 2. The fourth-order valence-corrected chi connectivity index (χ4v) is 4.79. The summed E-state index contributed by atoms with van der Waals surface area (Å²) in [4.78, 5) is 14.7. The second-order valence-corrected chi connectivity index (χ2v) is 7.60. The Bertz CT molecular complexity index is 606. The normalized spacial score (nSPS) is 28.8. The Morgan fingerprint density at radius 3 is 2.83 bits per heavy atom. The molecule has 1 aromatic rings. The summed E-state index contributed by atoms with van der Waals surface area (Å²) >= 11 is 0. The van der Waals surface area contributed by atoms with Crippen molar-refractivity contribution in [3.05, 3.63) is 29.3 Å². The minimum Gasteiger partial charge on any atom is -0.327 e. The third-order valence-electron chi connectivity index (χ3n) is 5.98. The van der Waals surface area contributed by atoms with Gasteiger partial charge in [0.15, 0.2) is 0 Å². The number of carbonyl (C=O) groups excluding carboxylic acids is 1. The van der Waals surface area contributed by atoms with Crippen LogP contribution < -0.4 is 11.1 Å². The Morgan fingerprint density at radius 2 is 2.00 bits per heavy atom. The van der Waals surface area contributed by atoms with Gasteiger partial charge in [0.2, 0.25) is 5.91 Å². The summed E-state index contributed by atoms with van der Waals surface area (Å²) in [5.74, 6) is 1.40. The fraction of sp³-hybridized carbons (Fsp3) is 0.632. The summed E-state index contributed by atoms with van der Waals surface area (Å²) in [6, 6.07) is 6.70. The number of carbonyl (C=O) groups is 1. The number of rotatable bonds is 3. The first-order chi connectivity index (χ1) is 11.2. The van der Waals surface area contributed by atoms with Gasteiger partial charge in [-0.3, -0.25) is 9.69 Å². The van der Waals surface area contributed by atoms with Crippen molar-refractivity contribution >= 4 is 24.0 Å². The second kappa shape index (κ2) is 7.42. The number of likely N-dealkylation sites (tertiary alicyclic amines) is 1. The Kier molecular flexibility index (Phi) is 5.48. The van der Waals surface area contributed by atoms with Crippen LogP contribution in [0.15, 0.2) is 18.2 Å². The van der Waals surface area contributed by atoms with E-state index in [1.54, 1.807) is 0 Å². The third-order valence-corrected chi connectivity index (χ3v) is 5.98. The monoisotopic (exact) mass is 349 g/mol. The van der Waals surface area contributed by atoms with Crippen LogP contribution in [0.4, 0.5) is 5.69 Å². The van der Waals surface area contributed by atoms with Crippen LogP contribution in [0.25, 0.3) is 0 Å². The standard InChI is InChI=1S/C19H27N3O.ClH/c20-18-6-2-5-15-10-22(11-17(15)18)12-19(23)21-16-8-7-13-3-1-4-14(13)9-16;/h7-9,15,17-18H,1-6,10-12,20H2,(H,21,23);1H. The molecule has 2 fully saturated rings. The molecule has 1 amide bonds. The van der Waals surface area contributed by atoms with Gasteiger partial charge in [-0.15, -0.1) is 12.4 Å². The third kappa shape index (κ3) is 3.61. The molecule has 4 rings (SSSR count). The Balaban J connectivity index is 0.00000169. The highest BCUT2D eigenvalue weighted by atomic mass is 35.5. The lowest BCUT2D eigenvalue weighted by Gasteiger charge is -2.29. The van der Waals surface area contributed by atoms with Gasteiger partial charge in [-0.1, -0.05) is 12.5 Å². The van der Waals surface area contributed by atoms with Crippen LogP contribution in [0.3, 0.4) is 0 Å². The molecule has 24 heavy (non-hydrogen) atoms. The highest BCUT2D eigenvalue weighted by molar-refractivity contribution is 5.92. The molecule has 0 spiro atoms. The first-order valence-electron chi connectivity index (χ1n) is 9.08. The van der Waals surface area contributed by atoms with Gasteiger partial charge in [0.25, 0.3) is 0 Å². The van der Waals surface area contributed by atoms with E-state index in [1.807, 2.05) is 6.07 Å². The zero-order valence-electron chi connectivity index (χ0n) is 14.2. The molecule has 2 aliphatic carbocycles. The molecule has 3 atom stereocenters. The number of hydrogen-bond acceptors (Lipinski definition) is 3. The molecule has 1 heterocycles. The number of anilines is 1. The molecular formula is C19H28ClN3O. The van der Waals surface area contributed by atoms with Crippen LogP contribution in [0.1, 0.15) is 36.8 Å². The molecule has 3 aliphatic rings. The van der Waals surface area contributed by atoms with Crippen molar-refractivity contribution in [2.45, 2.75) is 44.6 Å². The lowest BCUT2D eigenvalue weighted by atomic mass is 9.78. The number of benzene rings is 1. The van der Waals surface area contributed by atoms with Crippen molar-refractivity contribution in [2.75, 3.05) is 25.0 Å². The molecule has 1 aliphatic heterocycles. The molecule has 0 aromatic heterocycles. The first-order valence-corrected chi connectivity index (χ1v) is 9.08. The van der Waals surface area contributed by atoms with E-state index in [-0.39, 0.29) is 18.3 Å². The number of nitrogens with one attached hydrogen (secondary N) is 1. The number of fused-ring (bicyclic) bond motifs is 2. The molecule has 3 N–H and O–H groups in total. The van der Waals surface area contributed by atoms with E-state index in [0.717, 1.165) is 31.6 Å². The SMILES string of the molecule is Cl.NC1CCCC2CN(CC(=O)Nc3ccc4c(c3)CCC4)CC12. The quantitative estimate of drug-likeness (QED) is 0.881. The number of nitrogens with two attached hydrogens (primary N) is 1. The summed E-state index contributed by atoms with van der Waals surface area (Å²) < 4.78 is 0. The van der Waals surface area contributed by atoms with Crippen LogP contribution in [0.2, 0.25) is 0 Å². The molecule has 1 aromatic carbocycles. The van der Waals surface area contributed by atoms with E-state index >= 15 is 0 Å². The van der Waals surface area contributed by atoms with Crippen LogP contribution in [0.5, 0.6) is 0 Å². The van der Waals surface area contributed by atoms with E-state index in [2.05, 4.69) is 22.3 Å². The van der Waals surface area contributed by atoms with E-state index in [1.165, 1.54) is 36.8 Å².